The molecular weight excluding hydrogens is 138 g/mol. The molecule has 1 heterocycles. The second-order valence-electron chi connectivity index (χ2n) is 3.07. The van der Waals surface area contributed by atoms with Gasteiger partial charge in [0, 0.05) is 6.20 Å². The first-order valence-electron chi connectivity index (χ1n) is 4.05. The van der Waals surface area contributed by atoms with E-state index in [1.54, 1.807) is 0 Å². The molecule has 0 aromatic carbocycles. The molecule has 0 aliphatic rings. The van der Waals surface area contributed by atoms with Crippen LogP contribution >= 0.6 is 0 Å². The van der Waals surface area contributed by atoms with Crippen molar-refractivity contribution >= 4 is 0 Å². The van der Waals surface area contributed by atoms with Gasteiger partial charge in [-0.05, 0) is 24.5 Å². The van der Waals surface area contributed by atoms with Gasteiger partial charge >= 0.3 is 0 Å². The SMILES string of the molecule is CC(C)CCOc1ccc[nH]1. The van der Waals surface area contributed by atoms with Crippen LogP contribution in [0.1, 0.15) is 20.3 Å². The van der Waals surface area contributed by atoms with Gasteiger partial charge in [0.2, 0.25) is 0 Å². The van der Waals surface area contributed by atoms with Gasteiger partial charge in [-0.1, -0.05) is 13.8 Å². The molecule has 1 aromatic heterocycles. The summed E-state index contributed by atoms with van der Waals surface area (Å²) >= 11 is 0. The third-order valence-electron chi connectivity index (χ3n) is 1.52. The maximum absolute atomic E-state index is 5.40. The van der Waals surface area contributed by atoms with Crippen molar-refractivity contribution in [1.29, 1.82) is 0 Å². The Bertz CT molecular complexity index is 179. The number of rotatable bonds is 4. The first-order valence-corrected chi connectivity index (χ1v) is 4.05. The van der Waals surface area contributed by atoms with Gasteiger partial charge in [-0.15, -0.1) is 0 Å². The van der Waals surface area contributed by atoms with Gasteiger partial charge in [0.05, 0.1) is 6.61 Å². The van der Waals surface area contributed by atoms with E-state index < -0.39 is 0 Å². The molecule has 2 heteroatoms. The molecule has 0 unspecified atom stereocenters. The van der Waals surface area contributed by atoms with Crippen LogP contribution < -0.4 is 4.74 Å². The summed E-state index contributed by atoms with van der Waals surface area (Å²) in [5.41, 5.74) is 0. The highest BCUT2D eigenvalue weighted by molar-refractivity contribution is 5.09. The van der Waals surface area contributed by atoms with Crippen LogP contribution in [0.5, 0.6) is 5.88 Å². The van der Waals surface area contributed by atoms with Crippen molar-refractivity contribution in [2.75, 3.05) is 6.61 Å². The Kier molecular flexibility index (Phi) is 3.02. The summed E-state index contributed by atoms with van der Waals surface area (Å²) in [6, 6.07) is 3.87. The number of aromatic amines is 1. The van der Waals surface area contributed by atoms with Crippen LogP contribution in [0.15, 0.2) is 18.3 Å². The van der Waals surface area contributed by atoms with Gasteiger partial charge in [0.25, 0.3) is 0 Å². The molecular formula is C9H15NO. The van der Waals surface area contributed by atoms with Gasteiger partial charge in [0.15, 0.2) is 5.88 Å². The fraction of sp³-hybridized carbons (Fsp3) is 0.556. The van der Waals surface area contributed by atoms with E-state index in [0.29, 0.717) is 5.92 Å². The molecule has 0 fully saturated rings. The molecule has 0 bridgehead atoms. The zero-order valence-corrected chi connectivity index (χ0v) is 7.13. The van der Waals surface area contributed by atoms with Crippen LogP contribution in [-0.2, 0) is 0 Å². The number of aromatic nitrogens is 1. The minimum atomic E-state index is 0.713. The Morgan fingerprint density at radius 1 is 1.55 bits per heavy atom. The Balaban J connectivity index is 2.14. The number of hydrogen-bond donors (Lipinski definition) is 1. The lowest BCUT2D eigenvalue weighted by atomic mass is 10.1. The fourth-order valence-corrected chi connectivity index (χ4v) is 0.808. The van der Waals surface area contributed by atoms with Gasteiger partial charge in [-0.2, -0.15) is 0 Å². The molecule has 62 valence electrons. The standard InChI is InChI=1S/C9H15NO/c1-8(2)5-7-11-9-4-3-6-10-9/h3-4,6,8,10H,5,7H2,1-2H3. The van der Waals surface area contributed by atoms with Crippen LogP contribution in [0.3, 0.4) is 0 Å². The molecule has 0 atom stereocenters. The average molecular weight is 153 g/mol. The molecule has 2 nitrogen and oxygen atoms in total. The lowest BCUT2D eigenvalue weighted by molar-refractivity contribution is 0.281. The summed E-state index contributed by atoms with van der Waals surface area (Å²) in [7, 11) is 0. The summed E-state index contributed by atoms with van der Waals surface area (Å²) < 4.78 is 5.40. The number of nitrogens with one attached hydrogen (secondary N) is 1. The van der Waals surface area contributed by atoms with E-state index in [9.17, 15) is 0 Å². The lowest BCUT2D eigenvalue weighted by Gasteiger charge is -2.05. The van der Waals surface area contributed by atoms with Gasteiger partial charge in [-0.25, -0.2) is 0 Å². The van der Waals surface area contributed by atoms with E-state index >= 15 is 0 Å². The van der Waals surface area contributed by atoms with E-state index in [1.165, 1.54) is 0 Å². The first-order chi connectivity index (χ1) is 5.29. The van der Waals surface area contributed by atoms with E-state index in [2.05, 4.69) is 18.8 Å². The summed E-state index contributed by atoms with van der Waals surface area (Å²) in [6.45, 7) is 5.19. The molecule has 0 aliphatic heterocycles. The highest BCUT2D eigenvalue weighted by Gasteiger charge is 1.95. The minimum Gasteiger partial charge on any atom is -0.479 e. The first kappa shape index (κ1) is 8.18. The third kappa shape index (κ3) is 3.12. The Morgan fingerprint density at radius 3 is 2.91 bits per heavy atom. The van der Waals surface area contributed by atoms with Crippen LogP contribution in [-0.4, -0.2) is 11.6 Å². The highest BCUT2D eigenvalue weighted by atomic mass is 16.5. The molecule has 0 amide bonds. The average Bonchev–Trinajstić information content (AvgIpc) is 2.39. The number of hydrogen-bond acceptors (Lipinski definition) is 1. The van der Waals surface area contributed by atoms with Gasteiger partial charge < -0.3 is 9.72 Å². The Hall–Kier alpha value is -0.920. The van der Waals surface area contributed by atoms with Crippen LogP contribution in [0.4, 0.5) is 0 Å². The van der Waals surface area contributed by atoms with E-state index in [-0.39, 0.29) is 0 Å². The zero-order chi connectivity index (χ0) is 8.10. The van der Waals surface area contributed by atoms with Crippen molar-refractivity contribution < 1.29 is 4.74 Å². The van der Waals surface area contributed by atoms with Crippen molar-refractivity contribution in [3.63, 3.8) is 0 Å². The predicted molar refractivity (Wildman–Crippen MR) is 45.7 cm³/mol. The highest BCUT2D eigenvalue weighted by Crippen LogP contribution is 2.06. The molecule has 1 N–H and O–H groups in total. The van der Waals surface area contributed by atoms with Crippen LogP contribution in [0.25, 0.3) is 0 Å². The van der Waals surface area contributed by atoms with Crippen molar-refractivity contribution in [3.05, 3.63) is 18.3 Å². The summed E-state index contributed by atoms with van der Waals surface area (Å²) in [4.78, 5) is 2.99. The molecule has 11 heavy (non-hydrogen) atoms. The van der Waals surface area contributed by atoms with Crippen molar-refractivity contribution in [2.24, 2.45) is 5.92 Å². The van der Waals surface area contributed by atoms with Crippen LogP contribution in [0, 0.1) is 5.92 Å². The van der Waals surface area contributed by atoms with Crippen molar-refractivity contribution in [2.45, 2.75) is 20.3 Å². The second-order valence-corrected chi connectivity index (χ2v) is 3.07. The normalized spacial score (nSPS) is 10.5. The molecule has 0 aliphatic carbocycles. The Labute approximate surface area is 67.6 Å². The quantitative estimate of drug-likeness (QED) is 0.706. The molecule has 0 spiro atoms. The van der Waals surface area contributed by atoms with Gasteiger partial charge in [0.1, 0.15) is 0 Å². The number of ether oxygens (including phenoxy) is 1. The van der Waals surface area contributed by atoms with E-state index in [0.717, 1.165) is 18.9 Å². The smallest absolute Gasteiger partial charge is 0.190 e. The monoisotopic (exact) mass is 153 g/mol. The topological polar surface area (TPSA) is 25.0 Å². The maximum Gasteiger partial charge on any atom is 0.190 e. The lowest BCUT2D eigenvalue weighted by Crippen LogP contribution is -2.01. The fourth-order valence-electron chi connectivity index (χ4n) is 0.808. The molecule has 0 saturated carbocycles. The van der Waals surface area contributed by atoms with E-state index in [1.807, 2.05) is 18.3 Å². The number of H-pyrrole nitrogens is 1. The summed E-state index contributed by atoms with van der Waals surface area (Å²) in [5.74, 6) is 1.58. The molecule has 1 rings (SSSR count). The van der Waals surface area contributed by atoms with Crippen LogP contribution in [0.2, 0.25) is 0 Å². The second kappa shape index (κ2) is 4.06. The zero-order valence-electron chi connectivity index (χ0n) is 7.13. The van der Waals surface area contributed by atoms with Gasteiger partial charge in [-0.3, -0.25) is 0 Å². The molecule has 0 radical (unpaired) electrons. The minimum absolute atomic E-state index is 0.713. The predicted octanol–water partition coefficient (Wildman–Crippen LogP) is 2.44. The van der Waals surface area contributed by atoms with Crippen molar-refractivity contribution in [3.8, 4) is 5.88 Å². The Morgan fingerprint density at radius 2 is 2.36 bits per heavy atom. The van der Waals surface area contributed by atoms with E-state index in [4.69, 9.17) is 4.74 Å². The largest absolute Gasteiger partial charge is 0.479 e. The summed E-state index contributed by atoms with van der Waals surface area (Å²) in [5, 5.41) is 0. The summed E-state index contributed by atoms with van der Waals surface area (Å²) in [6.07, 6.45) is 2.98. The maximum atomic E-state index is 5.40. The third-order valence-corrected chi connectivity index (χ3v) is 1.52. The molecule has 0 saturated heterocycles. The molecule has 1 aromatic rings. The van der Waals surface area contributed by atoms with Crippen molar-refractivity contribution in [1.82, 2.24) is 4.98 Å².